The van der Waals surface area contributed by atoms with Crippen molar-refractivity contribution < 1.29 is 17.9 Å². The monoisotopic (exact) mass is 344 g/mol. The Balaban J connectivity index is 1.74. The molecule has 4 aromatic rings. The fourth-order valence-electron chi connectivity index (χ4n) is 2.67. The Bertz CT molecular complexity index is 1060. The second-order valence-corrected chi connectivity index (χ2v) is 5.39. The van der Waals surface area contributed by atoms with Crippen molar-refractivity contribution in [3.8, 4) is 5.88 Å². The summed E-state index contributed by atoms with van der Waals surface area (Å²) in [5.41, 5.74) is -0.118. The van der Waals surface area contributed by atoms with E-state index >= 15 is 0 Å². The van der Waals surface area contributed by atoms with E-state index in [1.54, 1.807) is 18.2 Å². The SMILES string of the molecule is FC(F)(F)c1ccccc1COc1nn2cnnc2c2ccccc12. The van der Waals surface area contributed by atoms with Crippen LogP contribution in [0.1, 0.15) is 11.1 Å². The first-order chi connectivity index (χ1) is 12.0. The van der Waals surface area contributed by atoms with Gasteiger partial charge in [-0.25, -0.2) is 0 Å². The Kier molecular flexibility index (Phi) is 3.52. The number of alkyl halides is 3. The molecule has 2 aromatic heterocycles. The van der Waals surface area contributed by atoms with E-state index in [-0.39, 0.29) is 18.1 Å². The highest BCUT2D eigenvalue weighted by molar-refractivity contribution is 5.96. The first-order valence-electron chi connectivity index (χ1n) is 7.41. The summed E-state index contributed by atoms with van der Waals surface area (Å²) >= 11 is 0. The molecule has 126 valence electrons. The highest BCUT2D eigenvalue weighted by Gasteiger charge is 2.33. The summed E-state index contributed by atoms with van der Waals surface area (Å²) in [6.07, 6.45) is -3.02. The van der Waals surface area contributed by atoms with Gasteiger partial charge in [-0.15, -0.1) is 15.3 Å². The number of aromatic nitrogens is 4. The lowest BCUT2D eigenvalue weighted by Gasteiger charge is -2.14. The molecule has 0 aliphatic rings. The van der Waals surface area contributed by atoms with Crippen molar-refractivity contribution in [1.82, 2.24) is 19.8 Å². The highest BCUT2D eigenvalue weighted by atomic mass is 19.4. The molecule has 0 aliphatic carbocycles. The molecule has 8 heteroatoms. The molecule has 25 heavy (non-hydrogen) atoms. The average molecular weight is 344 g/mol. The Labute approximate surface area is 139 Å². The molecule has 0 amide bonds. The second kappa shape index (κ2) is 5.73. The third-order valence-corrected chi connectivity index (χ3v) is 3.81. The topological polar surface area (TPSA) is 52.3 Å². The van der Waals surface area contributed by atoms with E-state index in [1.165, 1.54) is 23.0 Å². The molecule has 0 aliphatic heterocycles. The van der Waals surface area contributed by atoms with Crippen molar-refractivity contribution in [3.63, 3.8) is 0 Å². The number of fused-ring (bicyclic) bond motifs is 3. The third-order valence-electron chi connectivity index (χ3n) is 3.81. The molecule has 0 spiro atoms. The first kappa shape index (κ1) is 15.4. The van der Waals surface area contributed by atoms with Crippen LogP contribution in [-0.4, -0.2) is 19.8 Å². The molecule has 0 bridgehead atoms. The lowest BCUT2D eigenvalue weighted by atomic mass is 10.1. The number of halogens is 3. The number of ether oxygens (including phenoxy) is 1. The molecule has 4 rings (SSSR count). The van der Waals surface area contributed by atoms with Crippen LogP contribution in [0.15, 0.2) is 54.9 Å². The molecule has 0 atom stereocenters. The van der Waals surface area contributed by atoms with Crippen molar-refractivity contribution >= 4 is 16.4 Å². The van der Waals surface area contributed by atoms with E-state index in [1.807, 2.05) is 12.1 Å². The maximum Gasteiger partial charge on any atom is 0.416 e. The summed E-state index contributed by atoms with van der Waals surface area (Å²) in [4.78, 5) is 0. The van der Waals surface area contributed by atoms with Crippen molar-refractivity contribution in [2.24, 2.45) is 0 Å². The quantitative estimate of drug-likeness (QED) is 0.566. The van der Waals surface area contributed by atoms with Crippen LogP contribution in [0, 0.1) is 0 Å². The van der Waals surface area contributed by atoms with E-state index in [9.17, 15) is 13.2 Å². The predicted octanol–water partition coefficient (Wildman–Crippen LogP) is 3.88. The van der Waals surface area contributed by atoms with E-state index in [0.717, 1.165) is 11.5 Å². The zero-order valence-electron chi connectivity index (χ0n) is 12.7. The molecule has 0 N–H and O–H groups in total. The molecule has 0 saturated heterocycles. The van der Waals surface area contributed by atoms with Gasteiger partial charge in [0.05, 0.1) is 5.56 Å². The summed E-state index contributed by atoms with van der Waals surface area (Å²) in [7, 11) is 0. The van der Waals surface area contributed by atoms with Crippen molar-refractivity contribution in [2.45, 2.75) is 12.8 Å². The average Bonchev–Trinajstić information content (AvgIpc) is 3.08. The minimum Gasteiger partial charge on any atom is -0.471 e. The Hall–Kier alpha value is -3.16. The molecule has 0 radical (unpaired) electrons. The van der Waals surface area contributed by atoms with Gasteiger partial charge in [-0.1, -0.05) is 36.4 Å². The summed E-state index contributed by atoms with van der Waals surface area (Å²) in [5.74, 6) is 0.222. The van der Waals surface area contributed by atoms with Crippen molar-refractivity contribution in [1.29, 1.82) is 0 Å². The van der Waals surface area contributed by atoms with Crippen LogP contribution < -0.4 is 4.74 Å². The minimum atomic E-state index is -4.44. The molecular formula is C17H11F3N4O. The van der Waals surface area contributed by atoms with Crippen LogP contribution in [0.5, 0.6) is 5.88 Å². The van der Waals surface area contributed by atoms with Gasteiger partial charge in [0.1, 0.15) is 12.9 Å². The van der Waals surface area contributed by atoms with Crippen molar-refractivity contribution in [3.05, 3.63) is 66.0 Å². The largest absolute Gasteiger partial charge is 0.471 e. The highest BCUT2D eigenvalue weighted by Crippen LogP contribution is 2.33. The Morgan fingerprint density at radius 1 is 0.960 bits per heavy atom. The van der Waals surface area contributed by atoms with Crippen LogP contribution in [0.2, 0.25) is 0 Å². The molecule has 2 aromatic carbocycles. The minimum absolute atomic E-state index is 0.0461. The number of hydrogen-bond donors (Lipinski definition) is 0. The molecule has 0 unspecified atom stereocenters. The maximum absolute atomic E-state index is 13.1. The van der Waals surface area contributed by atoms with Crippen LogP contribution >= 0.6 is 0 Å². The fraction of sp³-hybridized carbons (Fsp3) is 0.118. The van der Waals surface area contributed by atoms with Gasteiger partial charge in [0, 0.05) is 16.3 Å². The van der Waals surface area contributed by atoms with E-state index < -0.39 is 11.7 Å². The lowest BCUT2D eigenvalue weighted by molar-refractivity contribution is -0.138. The Morgan fingerprint density at radius 2 is 1.68 bits per heavy atom. The summed E-state index contributed by atoms with van der Waals surface area (Å²) < 4.78 is 46.4. The fourth-order valence-corrected chi connectivity index (χ4v) is 2.67. The zero-order valence-corrected chi connectivity index (χ0v) is 12.7. The molecule has 2 heterocycles. The molecule has 5 nitrogen and oxygen atoms in total. The van der Waals surface area contributed by atoms with Gasteiger partial charge in [0.2, 0.25) is 5.88 Å². The zero-order chi connectivity index (χ0) is 17.4. The number of rotatable bonds is 3. The first-order valence-corrected chi connectivity index (χ1v) is 7.41. The van der Waals surface area contributed by atoms with Gasteiger partial charge in [-0.2, -0.15) is 17.7 Å². The van der Waals surface area contributed by atoms with Crippen LogP contribution in [0.3, 0.4) is 0 Å². The van der Waals surface area contributed by atoms with Gasteiger partial charge >= 0.3 is 6.18 Å². The van der Waals surface area contributed by atoms with Gasteiger partial charge in [0.15, 0.2) is 5.65 Å². The van der Waals surface area contributed by atoms with Gasteiger partial charge < -0.3 is 4.74 Å². The normalized spacial score (nSPS) is 12.0. The number of benzene rings is 2. The molecule has 0 saturated carbocycles. The number of hydrogen-bond acceptors (Lipinski definition) is 4. The van der Waals surface area contributed by atoms with E-state index in [4.69, 9.17) is 4.74 Å². The predicted molar refractivity (Wildman–Crippen MR) is 84.1 cm³/mol. The maximum atomic E-state index is 13.1. The van der Waals surface area contributed by atoms with E-state index in [2.05, 4.69) is 15.3 Å². The third kappa shape index (κ3) is 2.75. The molecular weight excluding hydrogens is 333 g/mol. The second-order valence-electron chi connectivity index (χ2n) is 5.39. The summed E-state index contributed by atoms with van der Waals surface area (Å²) in [6, 6.07) is 12.6. The summed E-state index contributed by atoms with van der Waals surface area (Å²) in [6.45, 7) is -0.250. The number of nitrogens with zero attached hydrogens (tertiary/aromatic N) is 4. The van der Waals surface area contributed by atoms with Gasteiger partial charge in [-0.05, 0) is 12.1 Å². The Morgan fingerprint density at radius 3 is 2.48 bits per heavy atom. The smallest absolute Gasteiger partial charge is 0.416 e. The van der Waals surface area contributed by atoms with Gasteiger partial charge in [-0.3, -0.25) is 0 Å². The molecule has 0 fully saturated rings. The summed E-state index contributed by atoms with van der Waals surface area (Å²) in [5, 5.41) is 13.5. The standard InChI is InChI=1S/C17H11F3N4O/c18-17(19,20)14-8-4-1-5-11(14)9-25-16-13-7-3-2-6-12(13)15-22-21-10-24(15)23-16/h1-8,10H,9H2. The van der Waals surface area contributed by atoms with Crippen LogP contribution in [0.25, 0.3) is 16.4 Å². The van der Waals surface area contributed by atoms with Crippen LogP contribution in [-0.2, 0) is 12.8 Å². The van der Waals surface area contributed by atoms with E-state index in [0.29, 0.717) is 11.0 Å². The van der Waals surface area contributed by atoms with Crippen molar-refractivity contribution in [2.75, 3.05) is 0 Å². The van der Waals surface area contributed by atoms with Crippen LogP contribution in [0.4, 0.5) is 13.2 Å². The van der Waals surface area contributed by atoms with Gasteiger partial charge in [0.25, 0.3) is 0 Å². The lowest BCUT2D eigenvalue weighted by Crippen LogP contribution is -2.11.